The molecule has 1 aromatic carbocycles. The maximum absolute atomic E-state index is 12.0. The molecule has 1 heterocycles. The Labute approximate surface area is 147 Å². The second kappa shape index (κ2) is 8.28. The van der Waals surface area contributed by atoms with Gasteiger partial charge in [-0.15, -0.1) is 5.10 Å². The lowest BCUT2D eigenvalue weighted by Crippen LogP contribution is -2.37. The van der Waals surface area contributed by atoms with E-state index < -0.39 is 0 Å². The van der Waals surface area contributed by atoms with E-state index in [0.717, 1.165) is 5.69 Å². The Morgan fingerprint density at radius 2 is 1.83 bits per heavy atom. The number of hydrogen-bond acceptors (Lipinski definition) is 5. The third kappa shape index (κ3) is 4.80. The fourth-order valence-corrected chi connectivity index (χ4v) is 2.73. The fraction of sp³-hybridized carbons (Fsp3) is 0.529. The molecule has 2 rings (SSSR count). The van der Waals surface area contributed by atoms with Crippen LogP contribution in [0.15, 0.2) is 29.4 Å². The van der Waals surface area contributed by atoms with Gasteiger partial charge in [0, 0.05) is 6.04 Å². The predicted octanol–water partition coefficient (Wildman–Crippen LogP) is 3.04. The molecule has 24 heavy (non-hydrogen) atoms. The summed E-state index contributed by atoms with van der Waals surface area (Å²) in [5.41, 5.74) is 2.16. The molecule has 1 unspecified atom stereocenters. The number of nitrogens with zero attached hydrogens (tertiary/aromatic N) is 4. The van der Waals surface area contributed by atoms with Crippen molar-refractivity contribution in [3.05, 3.63) is 29.8 Å². The van der Waals surface area contributed by atoms with Crippen molar-refractivity contribution < 1.29 is 4.79 Å². The van der Waals surface area contributed by atoms with Crippen LogP contribution in [0.25, 0.3) is 5.69 Å². The minimum atomic E-state index is -0.00842. The van der Waals surface area contributed by atoms with Crippen LogP contribution in [-0.4, -0.2) is 37.9 Å². The zero-order valence-electron chi connectivity index (χ0n) is 14.9. The highest BCUT2D eigenvalue weighted by molar-refractivity contribution is 7.99. The average Bonchev–Trinajstić information content (AvgIpc) is 3.01. The Morgan fingerprint density at radius 3 is 2.42 bits per heavy atom. The fourth-order valence-electron chi connectivity index (χ4n) is 2.02. The van der Waals surface area contributed by atoms with Crippen LogP contribution in [0.3, 0.4) is 0 Å². The lowest BCUT2D eigenvalue weighted by molar-refractivity contribution is -0.119. The van der Waals surface area contributed by atoms with Crippen LogP contribution in [-0.2, 0) is 4.79 Å². The summed E-state index contributed by atoms with van der Waals surface area (Å²) in [4.78, 5) is 12.0. The first-order valence-corrected chi connectivity index (χ1v) is 9.18. The summed E-state index contributed by atoms with van der Waals surface area (Å²) >= 11 is 1.34. The van der Waals surface area contributed by atoms with Gasteiger partial charge >= 0.3 is 0 Å². The first-order valence-electron chi connectivity index (χ1n) is 8.19. The largest absolute Gasteiger partial charge is 0.353 e. The number of hydrogen-bond donors (Lipinski definition) is 1. The zero-order valence-corrected chi connectivity index (χ0v) is 15.7. The molecule has 0 bridgehead atoms. The van der Waals surface area contributed by atoms with Crippen molar-refractivity contribution in [3.63, 3.8) is 0 Å². The van der Waals surface area contributed by atoms with Gasteiger partial charge in [-0.05, 0) is 46.9 Å². The average molecular weight is 347 g/mol. The Hall–Kier alpha value is -1.89. The normalized spacial score (nSPS) is 12.6. The molecule has 1 aromatic heterocycles. The number of rotatable bonds is 7. The molecule has 0 aliphatic rings. The quantitative estimate of drug-likeness (QED) is 0.779. The molecular formula is C17H25N5OS. The Bertz CT molecular complexity index is 666. The van der Waals surface area contributed by atoms with E-state index >= 15 is 0 Å². The second-order valence-corrected chi connectivity index (χ2v) is 7.45. The van der Waals surface area contributed by atoms with Gasteiger partial charge < -0.3 is 5.32 Å². The lowest BCUT2D eigenvalue weighted by Gasteiger charge is -2.17. The van der Waals surface area contributed by atoms with Crippen LogP contribution in [0.1, 0.15) is 46.1 Å². The van der Waals surface area contributed by atoms with Gasteiger partial charge in [-0.25, -0.2) is 0 Å². The third-order valence-corrected chi connectivity index (χ3v) is 4.89. The second-order valence-electron chi connectivity index (χ2n) is 6.51. The van der Waals surface area contributed by atoms with Gasteiger partial charge in [0.2, 0.25) is 11.1 Å². The van der Waals surface area contributed by atoms with Crippen molar-refractivity contribution in [3.8, 4) is 5.69 Å². The molecule has 0 fully saturated rings. The molecule has 1 atom stereocenters. The molecule has 2 aromatic rings. The smallest absolute Gasteiger partial charge is 0.230 e. The van der Waals surface area contributed by atoms with Crippen molar-refractivity contribution in [1.82, 2.24) is 25.5 Å². The first kappa shape index (κ1) is 18.4. The van der Waals surface area contributed by atoms with Crippen molar-refractivity contribution >= 4 is 17.7 Å². The van der Waals surface area contributed by atoms with E-state index in [9.17, 15) is 4.79 Å². The molecule has 1 N–H and O–H groups in total. The lowest BCUT2D eigenvalue weighted by atomic mass is 10.0. The summed E-state index contributed by atoms with van der Waals surface area (Å²) in [5.74, 6) is 1.17. The molecule has 0 radical (unpaired) electrons. The standard InChI is InChI=1S/C17H25N5OS/c1-11(2)13(5)18-16(23)10-24-17-19-20-21-22(17)15-8-6-14(7-9-15)12(3)4/h6-9,11-13H,10H2,1-5H3,(H,18,23). The maximum Gasteiger partial charge on any atom is 0.230 e. The van der Waals surface area contributed by atoms with E-state index in [1.165, 1.54) is 17.3 Å². The summed E-state index contributed by atoms with van der Waals surface area (Å²) in [6, 6.07) is 8.30. The van der Waals surface area contributed by atoms with Crippen LogP contribution in [0, 0.1) is 5.92 Å². The maximum atomic E-state index is 12.0. The zero-order chi connectivity index (χ0) is 17.7. The predicted molar refractivity (Wildman–Crippen MR) is 96.4 cm³/mol. The molecule has 7 heteroatoms. The number of amides is 1. The van der Waals surface area contributed by atoms with E-state index in [-0.39, 0.29) is 11.9 Å². The molecule has 0 saturated carbocycles. The van der Waals surface area contributed by atoms with Crippen LogP contribution >= 0.6 is 11.8 Å². The molecule has 6 nitrogen and oxygen atoms in total. The van der Waals surface area contributed by atoms with E-state index in [0.29, 0.717) is 22.7 Å². The van der Waals surface area contributed by atoms with Gasteiger partial charge in [0.05, 0.1) is 11.4 Å². The monoisotopic (exact) mass is 347 g/mol. The molecule has 1 amide bonds. The molecule has 130 valence electrons. The van der Waals surface area contributed by atoms with Crippen LogP contribution < -0.4 is 5.32 Å². The van der Waals surface area contributed by atoms with Crippen LogP contribution in [0.4, 0.5) is 0 Å². The van der Waals surface area contributed by atoms with E-state index in [1.54, 1.807) is 4.68 Å². The summed E-state index contributed by atoms with van der Waals surface area (Å²) in [5, 5.41) is 15.4. The van der Waals surface area contributed by atoms with Crippen molar-refractivity contribution in [1.29, 1.82) is 0 Å². The number of carbonyl (C=O) groups excluding carboxylic acids is 1. The Morgan fingerprint density at radius 1 is 1.17 bits per heavy atom. The van der Waals surface area contributed by atoms with Gasteiger partial charge in [0.25, 0.3) is 0 Å². The number of benzene rings is 1. The number of thioether (sulfide) groups is 1. The molecule has 0 spiro atoms. The van der Waals surface area contributed by atoms with Gasteiger partial charge in [-0.3, -0.25) is 4.79 Å². The minimum absolute atomic E-state index is 0.00842. The van der Waals surface area contributed by atoms with Crippen molar-refractivity contribution in [2.75, 3.05) is 5.75 Å². The first-order chi connectivity index (χ1) is 11.4. The van der Waals surface area contributed by atoms with Crippen molar-refractivity contribution in [2.45, 2.75) is 51.7 Å². The number of carbonyl (C=O) groups is 1. The number of aromatic nitrogens is 4. The van der Waals surface area contributed by atoms with Crippen LogP contribution in [0.5, 0.6) is 0 Å². The minimum Gasteiger partial charge on any atom is -0.353 e. The summed E-state index contributed by atoms with van der Waals surface area (Å²) in [6.45, 7) is 10.5. The van der Waals surface area contributed by atoms with Gasteiger partial charge in [-0.2, -0.15) is 4.68 Å². The molecule has 0 saturated heterocycles. The number of tetrazole rings is 1. The summed E-state index contributed by atoms with van der Waals surface area (Å²) in [6.07, 6.45) is 0. The van der Waals surface area contributed by atoms with Gasteiger partial charge in [-0.1, -0.05) is 51.6 Å². The molecular weight excluding hydrogens is 322 g/mol. The topological polar surface area (TPSA) is 72.7 Å². The Kier molecular flexibility index (Phi) is 6.36. The van der Waals surface area contributed by atoms with Gasteiger partial charge in [0.1, 0.15) is 0 Å². The SMILES string of the molecule is CC(C)c1ccc(-n2nnnc2SCC(=O)NC(C)C(C)C)cc1. The van der Waals surface area contributed by atoms with Crippen LogP contribution in [0.2, 0.25) is 0 Å². The molecule has 0 aliphatic carbocycles. The third-order valence-electron chi connectivity index (χ3n) is 3.97. The highest BCUT2D eigenvalue weighted by atomic mass is 32.2. The highest BCUT2D eigenvalue weighted by Crippen LogP contribution is 2.20. The number of nitrogens with one attached hydrogen (secondary N) is 1. The summed E-state index contributed by atoms with van der Waals surface area (Å²) < 4.78 is 1.66. The summed E-state index contributed by atoms with van der Waals surface area (Å²) in [7, 11) is 0. The van der Waals surface area contributed by atoms with E-state index in [2.05, 4.69) is 60.7 Å². The highest BCUT2D eigenvalue weighted by Gasteiger charge is 2.14. The molecule has 0 aliphatic heterocycles. The van der Waals surface area contributed by atoms with Crippen molar-refractivity contribution in [2.24, 2.45) is 5.92 Å². The van der Waals surface area contributed by atoms with E-state index in [1.807, 2.05) is 19.1 Å². The van der Waals surface area contributed by atoms with E-state index in [4.69, 9.17) is 0 Å². The Balaban J connectivity index is 2.01. The van der Waals surface area contributed by atoms with Gasteiger partial charge in [0.15, 0.2) is 0 Å².